The third-order valence-electron chi connectivity index (χ3n) is 10.1. The molecule has 9 rings (SSSR count). The van der Waals surface area contributed by atoms with Gasteiger partial charge in [-0.05, 0) is 118 Å². The SMILES string of the molecule is N#Cc1ccc(N(c2ccccc2)c2cc3c4ccccc4c(N(c4ccc(C#N)cc4)c4ccc(-c5ccccc5)cc4)cc3c3ccccc23)cc1. The Labute approximate surface area is 314 Å². The highest BCUT2D eigenvalue weighted by Crippen LogP contribution is 2.47. The van der Waals surface area contributed by atoms with Gasteiger partial charge in [0.2, 0.25) is 0 Å². The second kappa shape index (κ2) is 13.8. The maximum absolute atomic E-state index is 9.65. The maximum Gasteiger partial charge on any atom is 0.0991 e. The van der Waals surface area contributed by atoms with Gasteiger partial charge in [-0.3, -0.25) is 0 Å². The molecule has 4 heteroatoms. The van der Waals surface area contributed by atoms with Crippen LogP contribution < -0.4 is 9.80 Å². The van der Waals surface area contributed by atoms with Crippen molar-refractivity contribution in [1.29, 1.82) is 10.5 Å². The zero-order valence-electron chi connectivity index (χ0n) is 29.3. The number of nitriles is 2. The zero-order valence-corrected chi connectivity index (χ0v) is 29.3. The molecule has 0 atom stereocenters. The number of anilines is 6. The molecule has 0 aromatic heterocycles. The molecule has 0 heterocycles. The molecule has 0 spiro atoms. The van der Waals surface area contributed by atoms with E-state index in [4.69, 9.17) is 0 Å². The second-order valence-corrected chi connectivity index (χ2v) is 13.2. The number of rotatable bonds is 7. The Kier molecular flexibility index (Phi) is 8.25. The van der Waals surface area contributed by atoms with Gasteiger partial charge in [-0.2, -0.15) is 10.5 Å². The predicted molar refractivity (Wildman–Crippen MR) is 223 cm³/mol. The van der Waals surface area contributed by atoms with Crippen molar-refractivity contribution < 1.29 is 0 Å². The Balaban J connectivity index is 1.31. The van der Waals surface area contributed by atoms with Crippen LogP contribution >= 0.6 is 0 Å². The summed E-state index contributed by atoms with van der Waals surface area (Å²) in [5.74, 6) is 0. The summed E-state index contributed by atoms with van der Waals surface area (Å²) in [5.41, 5.74) is 9.61. The summed E-state index contributed by atoms with van der Waals surface area (Å²) >= 11 is 0. The Morgan fingerprint density at radius 2 is 0.630 bits per heavy atom. The minimum absolute atomic E-state index is 0.616. The van der Waals surface area contributed by atoms with Crippen LogP contribution in [0.15, 0.2) is 194 Å². The van der Waals surface area contributed by atoms with Crippen LogP contribution in [0.1, 0.15) is 11.1 Å². The van der Waals surface area contributed by atoms with E-state index in [2.05, 4.69) is 155 Å². The van der Waals surface area contributed by atoms with E-state index in [0.29, 0.717) is 11.1 Å². The normalized spacial score (nSPS) is 10.9. The molecule has 0 aliphatic heterocycles. The average Bonchev–Trinajstić information content (AvgIpc) is 3.25. The van der Waals surface area contributed by atoms with Crippen molar-refractivity contribution in [3.05, 3.63) is 205 Å². The van der Waals surface area contributed by atoms with Crippen molar-refractivity contribution in [3.63, 3.8) is 0 Å². The number of para-hydroxylation sites is 1. The van der Waals surface area contributed by atoms with Gasteiger partial charge in [0.25, 0.3) is 0 Å². The molecular formula is C50H32N4. The van der Waals surface area contributed by atoms with Gasteiger partial charge in [0.05, 0.1) is 34.6 Å². The van der Waals surface area contributed by atoms with Crippen LogP contribution in [-0.4, -0.2) is 0 Å². The first kappa shape index (κ1) is 32.3. The summed E-state index contributed by atoms with van der Waals surface area (Å²) in [4.78, 5) is 4.58. The summed E-state index contributed by atoms with van der Waals surface area (Å²) in [7, 11) is 0. The molecule has 252 valence electrons. The lowest BCUT2D eigenvalue weighted by atomic mass is 9.93. The van der Waals surface area contributed by atoms with E-state index < -0.39 is 0 Å². The smallest absolute Gasteiger partial charge is 0.0991 e. The fraction of sp³-hybridized carbons (Fsp3) is 0. The van der Waals surface area contributed by atoms with E-state index in [1.54, 1.807) is 0 Å². The number of hydrogen-bond donors (Lipinski definition) is 0. The fourth-order valence-corrected chi connectivity index (χ4v) is 7.52. The maximum atomic E-state index is 9.65. The van der Waals surface area contributed by atoms with Gasteiger partial charge in [-0.25, -0.2) is 0 Å². The van der Waals surface area contributed by atoms with Gasteiger partial charge >= 0.3 is 0 Å². The van der Waals surface area contributed by atoms with E-state index in [0.717, 1.165) is 77.6 Å². The average molecular weight is 689 g/mol. The highest BCUT2D eigenvalue weighted by Gasteiger charge is 2.22. The number of hydrogen-bond acceptors (Lipinski definition) is 4. The Morgan fingerprint density at radius 3 is 1.06 bits per heavy atom. The fourth-order valence-electron chi connectivity index (χ4n) is 7.52. The van der Waals surface area contributed by atoms with Crippen LogP contribution in [0.3, 0.4) is 0 Å². The molecular weight excluding hydrogens is 657 g/mol. The molecule has 9 aromatic carbocycles. The molecule has 0 saturated carbocycles. The lowest BCUT2D eigenvalue weighted by molar-refractivity contribution is 1.29. The van der Waals surface area contributed by atoms with Crippen LogP contribution in [0.5, 0.6) is 0 Å². The quantitative estimate of drug-likeness (QED) is 0.156. The first-order valence-corrected chi connectivity index (χ1v) is 17.9. The van der Waals surface area contributed by atoms with E-state index in [-0.39, 0.29) is 0 Å². The first-order valence-electron chi connectivity index (χ1n) is 17.9. The van der Waals surface area contributed by atoms with Crippen LogP contribution in [0.4, 0.5) is 34.1 Å². The predicted octanol–water partition coefficient (Wildman–Crippen LogP) is 13.5. The highest BCUT2D eigenvalue weighted by atomic mass is 15.1. The zero-order chi connectivity index (χ0) is 36.4. The molecule has 0 aliphatic rings. The van der Waals surface area contributed by atoms with Crippen LogP contribution in [-0.2, 0) is 0 Å². The monoisotopic (exact) mass is 688 g/mol. The molecule has 0 aliphatic carbocycles. The Bertz CT molecular complexity index is 2870. The summed E-state index contributed by atoms with van der Waals surface area (Å²) in [6.07, 6.45) is 0. The molecule has 0 fully saturated rings. The summed E-state index contributed by atoms with van der Waals surface area (Å²) in [6, 6.07) is 71.5. The second-order valence-electron chi connectivity index (χ2n) is 13.2. The molecule has 0 saturated heterocycles. The van der Waals surface area contributed by atoms with Gasteiger partial charge < -0.3 is 9.80 Å². The molecule has 9 aromatic rings. The number of nitrogens with zero attached hydrogens (tertiary/aromatic N) is 4. The van der Waals surface area contributed by atoms with Crippen molar-refractivity contribution in [3.8, 4) is 23.3 Å². The van der Waals surface area contributed by atoms with Gasteiger partial charge in [0, 0.05) is 33.5 Å². The number of fused-ring (bicyclic) bond motifs is 5. The Hall–Kier alpha value is -7.66. The largest absolute Gasteiger partial charge is 0.310 e. The molecule has 0 amide bonds. The van der Waals surface area contributed by atoms with E-state index in [1.807, 2.05) is 60.7 Å². The molecule has 4 nitrogen and oxygen atoms in total. The van der Waals surface area contributed by atoms with Gasteiger partial charge in [0.15, 0.2) is 0 Å². The van der Waals surface area contributed by atoms with Crippen molar-refractivity contribution in [2.24, 2.45) is 0 Å². The summed E-state index contributed by atoms with van der Waals surface area (Å²) in [6.45, 7) is 0. The molecule has 0 N–H and O–H groups in total. The minimum atomic E-state index is 0.616. The van der Waals surface area contributed by atoms with E-state index in [9.17, 15) is 10.5 Å². The molecule has 0 radical (unpaired) electrons. The van der Waals surface area contributed by atoms with Crippen molar-refractivity contribution in [2.75, 3.05) is 9.80 Å². The molecule has 54 heavy (non-hydrogen) atoms. The highest BCUT2D eigenvalue weighted by molar-refractivity contribution is 6.24. The topological polar surface area (TPSA) is 54.1 Å². The third-order valence-corrected chi connectivity index (χ3v) is 10.1. The van der Waals surface area contributed by atoms with Crippen molar-refractivity contribution >= 4 is 66.4 Å². The van der Waals surface area contributed by atoms with Crippen LogP contribution in [0.25, 0.3) is 43.4 Å². The Morgan fingerprint density at radius 1 is 0.296 bits per heavy atom. The van der Waals surface area contributed by atoms with Gasteiger partial charge in [-0.15, -0.1) is 0 Å². The van der Waals surface area contributed by atoms with Crippen LogP contribution in [0.2, 0.25) is 0 Å². The summed E-state index contributed by atoms with van der Waals surface area (Å²) in [5, 5.41) is 26.0. The van der Waals surface area contributed by atoms with Crippen LogP contribution in [0, 0.1) is 22.7 Å². The number of benzene rings is 9. The van der Waals surface area contributed by atoms with E-state index >= 15 is 0 Å². The minimum Gasteiger partial charge on any atom is -0.310 e. The molecule has 0 unspecified atom stereocenters. The van der Waals surface area contributed by atoms with E-state index in [1.165, 1.54) is 0 Å². The van der Waals surface area contributed by atoms with Gasteiger partial charge in [-0.1, -0.05) is 109 Å². The standard InChI is InChI=1S/C50H32N4/c51-33-35-19-25-40(26-20-35)53(39-13-5-2-6-14-39)49-31-47-44-16-8-10-18-46(44)50(32-48(47)43-15-7-9-17-45(43)49)54(41-27-21-36(34-52)22-28-41)42-29-23-38(24-30-42)37-11-3-1-4-12-37/h1-32H. The van der Waals surface area contributed by atoms with Crippen molar-refractivity contribution in [1.82, 2.24) is 0 Å². The lowest BCUT2D eigenvalue weighted by Gasteiger charge is -2.30. The van der Waals surface area contributed by atoms with Crippen molar-refractivity contribution in [2.45, 2.75) is 0 Å². The summed E-state index contributed by atoms with van der Waals surface area (Å²) < 4.78 is 0. The lowest BCUT2D eigenvalue weighted by Crippen LogP contribution is -2.12. The van der Waals surface area contributed by atoms with Gasteiger partial charge in [0.1, 0.15) is 0 Å². The molecule has 0 bridgehead atoms. The first-order chi connectivity index (χ1) is 26.7. The third kappa shape index (κ3) is 5.75.